The van der Waals surface area contributed by atoms with Crippen molar-refractivity contribution in [2.75, 3.05) is 32.8 Å². The molecule has 1 aromatic rings. The molecule has 0 unspecified atom stereocenters. The standard InChI is InChI=1S/C20H31N3O3/c1-14-17(16(3)24)15(2)22-18(14)19(25)21-13-20(7-5-4-6-8-20)23-9-11-26-12-10-23/h22H,4-13H2,1-3H3,(H,21,25). The first-order valence-corrected chi connectivity index (χ1v) is 9.76. The summed E-state index contributed by atoms with van der Waals surface area (Å²) >= 11 is 0. The number of aryl methyl sites for hydroxylation is 1. The maximum absolute atomic E-state index is 12.8. The minimum atomic E-state index is -0.115. The van der Waals surface area contributed by atoms with E-state index in [4.69, 9.17) is 4.74 Å². The predicted octanol–water partition coefficient (Wildman–Crippen LogP) is 2.60. The fourth-order valence-electron chi connectivity index (χ4n) is 4.69. The van der Waals surface area contributed by atoms with Crippen LogP contribution in [0.2, 0.25) is 0 Å². The SMILES string of the molecule is CC(=O)c1c(C)[nH]c(C(=O)NCC2(N3CCOCC3)CCCCC2)c1C. The highest BCUT2D eigenvalue weighted by atomic mass is 16.5. The summed E-state index contributed by atoms with van der Waals surface area (Å²) in [7, 11) is 0. The molecule has 1 aromatic heterocycles. The van der Waals surface area contributed by atoms with Crippen molar-refractivity contribution in [2.45, 2.75) is 58.4 Å². The van der Waals surface area contributed by atoms with Crippen molar-refractivity contribution in [2.24, 2.45) is 0 Å². The zero-order valence-electron chi connectivity index (χ0n) is 16.2. The van der Waals surface area contributed by atoms with Gasteiger partial charge in [-0.05, 0) is 39.2 Å². The van der Waals surface area contributed by atoms with Crippen molar-refractivity contribution in [3.63, 3.8) is 0 Å². The molecule has 0 atom stereocenters. The maximum Gasteiger partial charge on any atom is 0.268 e. The Labute approximate surface area is 155 Å². The van der Waals surface area contributed by atoms with E-state index in [0.29, 0.717) is 17.8 Å². The molecule has 1 saturated heterocycles. The molecule has 6 heteroatoms. The van der Waals surface area contributed by atoms with Crippen LogP contribution in [0, 0.1) is 13.8 Å². The molecule has 6 nitrogen and oxygen atoms in total. The Kier molecular flexibility index (Phi) is 5.82. The summed E-state index contributed by atoms with van der Waals surface area (Å²) in [5, 5.41) is 3.16. The number of aromatic amines is 1. The van der Waals surface area contributed by atoms with Crippen molar-refractivity contribution in [3.05, 3.63) is 22.5 Å². The van der Waals surface area contributed by atoms with Crippen LogP contribution in [0.4, 0.5) is 0 Å². The van der Waals surface area contributed by atoms with Crippen LogP contribution in [-0.4, -0.2) is 60.0 Å². The van der Waals surface area contributed by atoms with Crippen LogP contribution in [0.5, 0.6) is 0 Å². The third-order valence-corrected chi connectivity index (χ3v) is 6.06. The molecule has 1 saturated carbocycles. The quantitative estimate of drug-likeness (QED) is 0.791. The number of morpholine rings is 1. The van der Waals surface area contributed by atoms with Gasteiger partial charge in [-0.1, -0.05) is 19.3 Å². The molecule has 0 spiro atoms. The third-order valence-electron chi connectivity index (χ3n) is 6.06. The Morgan fingerprint density at radius 3 is 2.38 bits per heavy atom. The Morgan fingerprint density at radius 2 is 1.81 bits per heavy atom. The molecule has 144 valence electrons. The topological polar surface area (TPSA) is 74.4 Å². The van der Waals surface area contributed by atoms with Crippen LogP contribution in [0.25, 0.3) is 0 Å². The number of H-pyrrole nitrogens is 1. The summed E-state index contributed by atoms with van der Waals surface area (Å²) in [5.41, 5.74) is 2.70. The lowest BCUT2D eigenvalue weighted by atomic mass is 9.79. The number of aromatic nitrogens is 1. The summed E-state index contributed by atoms with van der Waals surface area (Å²) in [5.74, 6) is -0.122. The van der Waals surface area contributed by atoms with Gasteiger partial charge in [0.25, 0.3) is 5.91 Å². The van der Waals surface area contributed by atoms with E-state index in [1.54, 1.807) is 6.92 Å². The number of nitrogens with zero attached hydrogens (tertiary/aromatic N) is 1. The largest absolute Gasteiger partial charge is 0.379 e. The van der Waals surface area contributed by atoms with Gasteiger partial charge in [0, 0.05) is 36.4 Å². The van der Waals surface area contributed by atoms with Crippen LogP contribution >= 0.6 is 0 Å². The lowest BCUT2D eigenvalue weighted by Gasteiger charge is -2.48. The van der Waals surface area contributed by atoms with Gasteiger partial charge in [0.2, 0.25) is 0 Å². The average molecular weight is 361 g/mol. The molecule has 1 amide bonds. The number of amides is 1. The van der Waals surface area contributed by atoms with Crippen molar-refractivity contribution < 1.29 is 14.3 Å². The molecule has 2 N–H and O–H groups in total. The summed E-state index contributed by atoms with van der Waals surface area (Å²) in [6.45, 7) is 9.29. The van der Waals surface area contributed by atoms with E-state index in [1.807, 2.05) is 13.8 Å². The van der Waals surface area contributed by atoms with Gasteiger partial charge < -0.3 is 15.0 Å². The number of hydrogen-bond acceptors (Lipinski definition) is 4. The highest BCUT2D eigenvalue weighted by Gasteiger charge is 2.39. The predicted molar refractivity (Wildman–Crippen MR) is 101 cm³/mol. The lowest BCUT2D eigenvalue weighted by molar-refractivity contribution is -0.0361. The van der Waals surface area contributed by atoms with Crippen LogP contribution in [0.15, 0.2) is 0 Å². The van der Waals surface area contributed by atoms with Gasteiger partial charge in [-0.25, -0.2) is 0 Å². The third kappa shape index (κ3) is 3.71. The van der Waals surface area contributed by atoms with Crippen LogP contribution in [0.3, 0.4) is 0 Å². The summed E-state index contributed by atoms with van der Waals surface area (Å²) in [6.07, 6.45) is 5.94. The Morgan fingerprint density at radius 1 is 1.15 bits per heavy atom. The first kappa shape index (κ1) is 19.1. The van der Waals surface area contributed by atoms with Crippen molar-refractivity contribution in [1.82, 2.24) is 15.2 Å². The molecule has 26 heavy (non-hydrogen) atoms. The van der Waals surface area contributed by atoms with E-state index < -0.39 is 0 Å². The van der Waals surface area contributed by atoms with Crippen molar-refractivity contribution in [3.8, 4) is 0 Å². The fourth-order valence-corrected chi connectivity index (χ4v) is 4.69. The number of nitrogens with one attached hydrogen (secondary N) is 2. The van der Waals surface area contributed by atoms with Crippen molar-refractivity contribution >= 4 is 11.7 Å². The number of ketones is 1. The smallest absolute Gasteiger partial charge is 0.268 e. The summed E-state index contributed by atoms with van der Waals surface area (Å²) in [4.78, 5) is 30.3. The zero-order chi connectivity index (χ0) is 18.7. The summed E-state index contributed by atoms with van der Waals surface area (Å²) < 4.78 is 5.52. The molecule has 2 aliphatic rings. The van der Waals surface area contributed by atoms with E-state index in [-0.39, 0.29) is 17.2 Å². The number of hydrogen-bond donors (Lipinski definition) is 2. The maximum atomic E-state index is 12.8. The molecule has 2 heterocycles. The second kappa shape index (κ2) is 7.92. The van der Waals surface area contributed by atoms with Crippen LogP contribution in [0.1, 0.15) is 71.1 Å². The molecular formula is C20H31N3O3. The number of rotatable bonds is 5. The first-order valence-electron chi connectivity index (χ1n) is 9.76. The highest BCUT2D eigenvalue weighted by Crippen LogP contribution is 2.34. The summed E-state index contributed by atoms with van der Waals surface area (Å²) in [6, 6.07) is 0. The minimum Gasteiger partial charge on any atom is -0.379 e. The van der Waals surface area contributed by atoms with Gasteiger partial charge in [-0.15, -0.1) is 0 Å². The zero-order valence-corrected chi connectivity index (χ0v) is 16.2. The lowest BCUT2D eigenvalue weighted by Crippen LogP contribution is -2.59. The van der Waals surface area contributed by atoms with Crippen molar-refractivity contribution in [1.29, 1.82) is 0 Å². The number of Topliss-reactive ketones (excluding diaryl/α,β-unsaturated/α-hetero) is 1. The molecule has 2 fully saturated rings. The Hall–Kier alpha value is -1.66. The average Bonchev–Trinajstić information content (AvgIpc) is 2.95. The minimum absolute atomic E-state index is 0.00707. The molecular weight excluding hydrogens is 330 g/mol. The molecule has 0 radical (unpaired) electrons. The van der Waals surface area contributed by atoms with Gasteiger partial charge in [0.1, 0.15) is 5.69 Å². The van der Waals surface area contributed by atoms with E-state index >= 15 is 0 Å². The molecule has 1 aliphatic heterocycles. The molecule has 0 bridgehead atoms. The van der Waals surface area contributed by atoms with Gasteiger partial charge in [0.05, 0.1) is 13.2 Å². The van der Waals surface area contributed by atoms with Gasteiger partial charge in [-0.3, -0.25) is 14.5 Å². The normalized spacial score (nSPS) is 20.7. The van der Waals surface area contributed by atoms with E-state index in [1.165, 1.54) is 19.3 Å². The molecule has 1 aliphatic carbocycles. The fraction of sp³-hybridized carbons (Fsp3) is 0.700. The first-order chi connectivity index (χ1) is 12.4. The molecule has 0 aromatic carbocycles. The van der Waals surface area contributed by atoms with Gasteiger partial charge in [0.15, 0.2) is 5.78 Å². The van der Waals surface area contributed by atoms with E-state index in [2.05, 4.69) is 15.2 Å². The Bertz CT molecular complexity index is 668. The highest BCUT2D eigenvalue weighted by molar-refractivity contribution is 6.02. The van der Waals surface area contributed by atoms with E-state index in [9.17, 15) is 9.59 Å². The molecule has 3 rings (SSSR count). The number of carbonyl (C=O) groups is 2. The number of ether oxygens (including phenoxy) is 1. The van der Waals surface area contributed by atoms with Crippen LogP contribution < -0.4 is 5.32 Å². The van der Waals surface area contributed by atoms with Gasteiger partial charge in [-0.2, -0.15) is 0 Å². The van der Waals surface area contributed by atoms with Crippen LogP contribution in [-0.2, 0) is 4.74 Å². The van der Waals surface area contributed by atoms with E-state index in [0.717, 1.165) is 50.4 Å². The Balaban J connectivity index is 1.74. The second-order valence-electron chi connectivity index (χ2n) is 7.75. The second-order valence-corrected chi connectivity index (χ2v) is 7.75. The monoisotopic (exact) mass is 361 g/mol. The number of carbonyl (C=O) groups excluding carboxylic acids is 2. The van der Waals surface area contributed by atoms with Gasteiger partial charge >= 0.3 is 0 Å².